The van der Waals surface area contributed by atoms with Crippen LogP contribution in [0.3, 0.4) is 0 Å². The van der Waals surface area contributed by atoms with Crippen LogP contribution in [0.5, 0.6) is 0 Å². The second-order valence-electron chi connectivity index (χ2n) is 5.36. The Labute approximate surface area is 125 Å². The summed E-state index contributed by atoms with van der Waals surface area (Å²) in [6.07, 6.45) is 6.16. The minimum Gasteiger partial charge on any atom is -0.398 e. The van der Waals surface area contributed by atoms with Crippen molar-refractivity contribution in [2.24, 2.45) is 0 Å². The lowest BCUT2D eigenvalue weighted by Crippen LogP contribution is -2.39. The number of aryl methyl sites for hydroxylation is 1. The van der Waals surface area contributed by atoms with E-state index in [0.717, 1.165) is 24.8 Å². The van der Waals surface area contributed by atoms with Crippen LogP contribution in [0.1, 0.15) is 31.2 Å². The van der Waals surface area contributed by atoms with Crippen LogP contribution in [0, 0.1) is 6.92 Å². The highest BCUT2D eigenvalue weighted by molar-refractivity contribution is 7.99. The Balaban J connectivity index is 2.12. The summed E-state index contributed by atoms with van der Waals surface area (Å²) in [5.74, 6) is 0. The van der Waals surface area contributed by atoms with Gasteiger partial charge in [-0.25, -0.2) is 13.1 Å². The van der Waals surface area contributed by atoms with Crippen molar-refractivity contribution in [3.63, 3.8) is 0 Å². The molecule has 0 radical (unpaired) electrons. The van der Waals surface area contributed by atoms with Crippen LogP contribution in [-0.4, -0.2) is 26.0 Å². The van der Waals surface area contributed by atoms with Crippen LogP contribution < -0.4 is 10.5 Å². The van der Waals surface area contributed by atoms with Gasteiger partial charge in [0.05, 0.1) is 4.90 Å². The van der Waals surface area contributed by atoms with Crippen LogP contribution in [0.4, 0.5) is 5.69 Å². The molecular formula is C14H22N2O2S2. The van der Waals surface area contributed by atoms with Gasteiger partial charge in [-0.3, -0.25) is 0 Å². The van der Waals surface area contributed by atoms with Gasteiger partial charge in [-0.1, -0.05) is 12.5 Å². The molecule has 1 aliphatic carbocycles. The van der Waals surface area contributed by atoms with Gasteiger partial charge >= 0.3 is 0 Å². The Morgan fingerprint density at radius 3 is 2.75 bits per heavy atom. The Kier molecular flexibility index (Phi) is 4.99. The van der Waals surface area contributed by atoms with E-state index in [2.05, 4.69) is 11.0 Å². The van der Waals surface area contributed by atoms with Gasteiger partial charge in [-0.15, -0.1) is 0 Å². The normalized spacial score (nSPS) is 23.7. The van der Waals surface area contributed by atoms with Crippen molar-refractivity contribution < 1.29 is 8.42 Å². The molecule has 1 aromatic carbocycles. The predicted octanol–water partition coefficient (Wildman–Crippen LogP) is 2.53. The molecule has 0 heterocycles. The fraction of sp³-hybridized carbons (Fsp3) is 0.571. The first-order valence-electron chi connectivity index (χ1n) is 6.83. The van der Waals surface area contributed by atoms with E-state index in [0.29, 0.717) is 10.9 Å². The Morgan fingerprint density at radius 1 is 1.35 bits per heavy atom. The Morgan fingerprint density at radius 2 is 2.10 bits per heavy atom. The third kappa shape index (κ3) is 3.68. The average molecular weight is 314 g/mol. The van der Waals surface area contributed by atoms with Crippen molar-refractivity contribution in [1.82, 2.24) is 4.72 Å². The molecule has 0 aliphatic heterocycles. The number of rotatable bonds is 4. The summed E-state index contributed by atoms with van der Waals surface area (Å²) < 4.78 is 27.6. The van der Waals surface area contributed by atoms with E-state index in [4.69, 9.17) is 5.73 Å². The number of benzene rings is 1. The summed E-state index contributed by atoms with van der Waals surface area (Å²) in [4.78, 5) is 0.256. The summed E-state index contributed by atoms with van der Waals surface area (Å²) in [5, 5.41) is 0.555. The topological polar surface area (TPSA) is 72.2 Å². The molecule has 0 spiro atoms. The summed E-state index contributed by atoms with van der Waals surface area (Å²) in [7, 11) is -3.47. The smallest absolute Gasteiger partial charge is 0.240 e. The summed E-state index contributed by atoms with van der Waals surface area (Å²) in [6, 6.07) is 4.93. The van der Waals surface area contributed by atoms with Gasteiger partial charge in [0.1, 0.15) is 0 Å². The molecule has 20 heavy (non-hydrogen) atoms. The molecule has 2 rings (SSSR count). The highest BCUT2D eigenvalue weighted by Crippen LogP contribution is 2.28. The molecule has 1 aromatic rings. The van der Waals surface area contributed by atoms with E-state index >= 15 is 0 Å². The lowest BCUT2D eigenvalue weighted by molar-refractivity contribution is 0.421. The van der Waals surface area contributed by atoms with E-state index in [1.165, 1.54) is 12.5 Å². The molecule has 2 atom stereocenters. The van der Waals surface area contributed by atoms with E-state index in [9.17, 15) is 8.42 Å². The highest BCUT2D eigenvalue weighted by Gasteiger charge is 2.26. The van der Waals surface area contributed by atoms with Crippen molar-refractivity contribution in [1.29, 1.82) is 0 Å². The van der Waals surface area contributed by atoms with Crippen molar-refractivity contribution in [3.05, 3.63) is 23.8 Å². The molecule has 1 fully saturated rings. The van der Waals surface area contributed by atoms with Crippen LogP contribution in [0.15, 0.2) is 23.1 Å². The molecule has 0 saturated heterocycles. The SMILES string of the molecule is CSC1CCCC(NS(=O)(=O)c2ccc(C)c(N)c2)C1. The fourth-order valence-corrected chi connectivity index (χ4v) is 4.68. The Bertz CT molecular complexity index is 573. The van der Waals surface area contributed by atoms with E-state index in [1.54, 1.807) is 12.1 Å². The first-order valence-corrected chi connectivity index (χ1v) is 9.60. The Hall–Kier alpha value is -0.720. The number of nitrogens with two attached hydrogens (primary N) is 1. The number of nitrogens with one attached hydrogen (secondary N) is 1. The standard InChI is InChI=1S/C14H22N2O2S2/c1-10-6-7-13(9-14(10)15)20(17,18)16-11-4-3-5-12(8-11)19-2/h6-7,9,11-12,16H,3-5,8,15H2,1-2H3. The van der Waals surface area contributed by atoms with Gasteiger partial charge in [0.15, 0.2) is 0 Å². The van der Waals surface area contributed by atoms with Gasteiger partial charge in [-0.05, 0) is 50.1 Å². The molecule has 0 amide bonds. The molecule has 3 N–H and O–H groups in total. The minimum atomic E-state index is -3.47. The van der Waals surface area contributed by atoms with Gasteiger partial charge in [0, 0.05) is 17.0 Å². The second kappa shape index (κ2) is 6.37. The zero-order valence-corrected chi connectivity index (χ0v) is 13.6. The number of hydrogen-bond acceptors (Lipinski definition) is 4. The molecule has 6 heteroatoms. The highest BCUT2D eigenvalue weighted by atomic mass is 32.2. The number of anilines is 1. The lowest BCUT2D eigenvalue weighted by atomic mass is 9.96. The average Bonchev–Trinajstić information content (AvgIpc) is 2.41. The maximum atomic E-state index is 12.4. The summed E-state index contributed by atoms with van der Waals surface area (Å²) >= 11 is 1.82. The molecule has 1 aliphatic rings. The van der Waals surface area contributed by atoms with Gasteiger partial charge in [-0.2, -0.15) is 11.8 Å². The van der Waals surface area contributed by atoms with Crippen LogP contribution in [-0.2, 0) is 10.0 Å². The van der Waals surface area contributed by atoms with Gasteiger partial charge in [0.25, 0.3) is 0 Å². The first kappa shape index (κ1) is 15.7. The fourth-order valence-electron chi connectivity index (χ4n) is 2.54. The second-order valence-corrected chi connectivity index (χ2v) is 8.21. The van der Waals surface area contributed by atoms with Crippen molar-refractivity contribution in [3.8, 4) is 0 Å². The number of sulfonamides is 1. The quantitative estimate of drug-likeness (QED) is 0.838. The van der Waals surface area contributed by atoms with Crippen LogP contribution >= 0.6 is 11.8 Å². The molecule has 0 bridgehead atoms. The molecule has 4 nitrogen and oxygen atoms in total. The zero-order valence-electron chi connectivity index (χ0n) is 11.9. The monoisotopic (exact) mass is 314 g/mol. The molecule has 2 unspecified atom stereocenters. The first-order chi connectivity index (χ1) is 9.42. The number of thioether (sulfide) groups is 1. The maximum Gasteiger partial charge on any atom is 0.240 e. The third-order valence-electron chi connectivity index (χ3n) is 3.84. The van der Waals surface area contributed by atoms with Crippen molar-refractivity contribution >= 4 is 27.5 Å². The van der Waals surface area contributed by atoms with E-state index in [1.807, 2.05) is 18.7 Å². The number of hydrogen-bond donors (Lipinski definition) is 2. The largest absolute Gasteiger partial charge is 0.398 e. The summed E-state index contributed by atoms with van der Waals surface area (Å²) in [5.41, 5.74) is 7.20. The van der Waals surface area contributed by atoms with Crippen LogP contribution in [0.2, 0.25) is 0 Å². The zero-order chi connectivity index (χ0) is 14.8. The van der Waals surface area contributed by atoms with Crippen LogP contribution in [0.25, 0.3) is 0 Å². The summed E-state index contributed by atoms with van der Waals surface area (Å²) in [6.45, 7) is 1.86. The predicted molar refractivity (Wildman–Crippen MR) is 85.5 cm³/mol. The van der Waals surface area contributed by atoms with Crippen molar-refractivity contribution in [2.75, 3.05) is 12.0 Å². The third-order valence-corrected chi connectivity index (χ3v) is 6.46. The lowest BCUT2D eigenvalue weighted by Gasteiger charge is -2.28. The minimum absolute atomic E-state index is 0.0359. The number of nitrogen functional groups attached to an aromatic ring is 1. The van der Waals surface area contributed by atoms with Gasteiger partial charge in [0.2, 0.25) is 10.0 Å². The maximum absolute atomic E-state index is 12.4. The van der Waals surface area contributed by atoms with Gasteiger partial charge < -0.3 is 5.73 Å². The van der Waals surface area contributed by atoms with E-state index < -0.39 is 10.0 Å². The van der Waals surface area contributed by atoms with Crippen molar-refractivity contribution in [2.45, 2.75) is 48.8 Å². The molecule has 1 saturated carbocycles. The van der Waals surface area contributed by atoms with E-state index in [-0.39, 0.29) is 10.9 Å². The molecule has 0 aromatic heterocycles. The molecular weight excluding hydrogens is 292 g/mol. The molecule has 112 valence electrons.